The molecule has 2 aromatic rings. The molecule has 1 aliphatic heterocycles. The standard InChI is InChI=1S/C17H18N4O3/c1-10(2)14-18-13(24-20-14)9-21-15(22)17(19-16(21)23)8-7-11-5-3-4-6-12(11)17/h3-6,10H,7-9H2,1-2H3,(H,19,23). The number of aromatic nitrogens is 2. The van der Waals surface area contributed by atoms with Crippen molar-refractivity contribution in [2.75, 3.05) is 0 Å². The summed E-state index contributed by atoms with van der Waals surface area (Å²) < 4.78 is 5.17. The molecule has 0 bridgehead atoms. The maximum absolute atomic E-state index is 13.0. The van der Waals surface area contributed by atoms with Crippen LogP contribution in [0.4, 0.5) is 4.79 Å². The summed E-state index contributed by atoms with van der Waals surface area (Å²) >= 11 is 0. The van der Waals surface area contributed by atoms with Gasteiger partial charge in [-0.3, -0.25) is 9.69 Å². The number of rotatable bonds is 3. The summed E-state index contributed by atoms with van der Waals surface area (Å²) in [5.41, 5.74) is 1.04. The van der Waals surface area contributed by atoms with Crippen LogP contribution in [-0.4, -0.2) is 27.0 Å². The lowest BCUT2D eigenvalue weighted by Crippen LogP contribution is -2.41. The number of nitrogens with one attached hydrogen (secondary N) is 1. The van der Waals surface area contributed by atoms with Crippen LogP contribution >= 0.6 is 0 Å². The van der Waals surface area contributed by atoms with Crippen LogP contribution in [0.3, 0.4) is 0 Å². The normalized spacial score (nSPS) is 22.5. The van der Waals surface area contributed by atoms with Gasteiger partial charge < -0.3 is 9.84 Å². The molecular weight excluding hydrogens is 308 g/mol. The van der Waals surface area contributed by atoms with Gasteiger partial charge in [0, 0.05) is 5.92 Å². The van der Waals surface area contributed by atoms with Gasteiger partial charge in [-0.25, -0.2) is 4.79 Å². The number of benzene rings is 1. The average molecular weight is 326 g/mol. The van der Waals surface area contributed by atoms with E-state index in [4.69, 9.17) is 4.52 Å². The maximum Gasteiger partial charge on any atom is 0.325 e. The molecule has 1 saturated heterocycles. The van der Waals surface area contributed by atoms with Gasteiger partial charge in [-0.05, 0) is 24.0 Å². The summed E-state index contributed by atoms with van der Waals surface area (Å²) in [6.45, 7) is 3.90. The van der Waals surface area contributed by atoms with E-state index in [1.54, 1.807) is 0 Å². The quantitative estimate of drug-likeness (QED) is 0.873. The van der Waals surface area contributed by atoms with Crippen molar-refractivity contribution >= 4 is 11.9 Å². The summed E-state index contributed by atoms with van der Waals surface area (Å²) in [7, 11) is 0. The van der Waals surface area contributed by atoms with Gasteiger partial charge in [-0.2, -0.15) is 4.98 Å². The molecule has 1 aliphatic carbocycles. The Bertz CT molecular complexity index is 829. The van der Waals surface area contributed by atoms with Gasteiger partial charge in [0.25, 0.3) is 5.91 Å². The van der Waals surface area contributed by atoms with Crippen molar-refractivity contribution in [2.45, 2.75) is 44.7 Å². The summed E-state index contributed by atoms with van der Waals surface area (Å²) in [5, 5.41) is 6.76. The lowest BCUT2D eigenvalue weighted by molar-refractivity contribution is -0.132. The minimum absolute atomic E-state index is 0.00565. The Kier molecular flexibility index (Phi) is 3.19. The van der Waals surface area contributed by atoms with Gasteiger partial charge in [0.15, 0.2) is 5.82 Å². The number of carbonyl (C=O) groups excluding carboxylic acids is 2. The van der Waals surface area contributed by atoms with Gasteiger partial charge in [-0.1, -0.05) is 43.3 Å². The minimum Gasteiger partial charge on any atom is -0.337 e. The fourth-order valence-corrected chi connectivity index (χ4v) is 3.44. The molecule has 1 aromatic carbocycles. The molecule has 1 fully saturated rings. The van der Waals surface area contributed by atoms with E-state index in [9.17, 15) is 9.59 Å². The highest BCUT2D eigenvalue weighted by Gasteiger charge is 2.55. The predicted octanol–water partition coefficient (Wildman–Crippen LogP) is 2.09. The number of urea groups is 1. The van der Waals surface area contributed by atoms with E-state index in [-0.39, 0.29) is 24.3 Å². The Morgan fingerprint density at radius 2 is 2.12 bits per heavy atom. The van der Waals surface area contributed by atoms with Crippen LogP contribution in [0.1, 0.15) is 49.0 Å². The molecule has 7 heteroatoms. The molecule has 24 heavy (non-hydrogen) atoms. The second-order valence-electron chi connectivity index (χ2n) is 6.58. The van der Waals surface area contributed by atoms with Crippen LogP contribution in [0.2, 0.25) is 0 Å². The fourth-order valence-electron chi connectivity index (χ4n) is 3.44. The molecule has 124 valence electrons. The van der Waals surface area contributed by atoms with E-state index in [1.807, 2.05) is 38.1 Å². The molecule has 2 aliphatic rings. The van der Waals surface area contributed by atoms with Gasteiger partial charge in [-0.15, -0.1) is 0 Å². The largest absolute Gasteiger partial charge is 0.337 e. The zero-order chi connectivity index (χ0) is 16.9. The lowest BCUT2D eigenvalue weighted by atomic mass is 9.92. The number of hydrogen-bond acceptors (Lipinski definition) is 5. The number of carbonyl (C=O) groups is 2. The Labute approximate surface area is 139 Å². The van der Waals surface area contributed by atoms with E-state index in [0.717, 1.165) is 17.5 Å². The van der Waals surface area contributed by atoms with Crippen LogP contribution in [0, 0.1) is 0 Å². The smallest absolute Gasteiger partial charge is 0.325 e. The molecule has 3 amide bonds. The zero-order valence-corrected chi connectivity index (χ0v) is 13.6. The monoisotopic (exact) mass is 326 g/mol. The second kappa shape index (κ2) is 5.15. The molecule has 4 rings (SSSR count). The van der Waals surface area contributed by atoms with E-state index >= 15 is 0 Å². The van der Waals surface area contributed by atoms with Gasteiger partial charge in [0.2, 0.25) is 5.89 Å². The number of aryl methyl sites for hydroxylation is 1. The Morgan fingerprint density at radius 1 is 1.33 bits per heavy atom. The highest BCUT2D eigenvalue weighted by Crippen LogP contribution is 2.41. The number of nitrogens with zero attached hydrogens (tertiary/aromatic N) is 3. The summed E-state index contributed by atoms with van der Waals surface area (Å²) in [5.74, 6) is 0.712. The van der Waals surface area contributed by atoms with Gasteiger partial charge >= 0.3 is 6.03 Å². The number of fused-ring (bicyclic) bond motifs is 2. The van der Waals surface area contributed by atoms with Crippen molar-refractivity contribution < 1.29 is 14.1 Å². The van der Waals surface area contributed by atoms with Crippen molar-refractivity contribution in [3.8, 4) is 0 Å². The molecule has 1 aromatic heterocycles. The maximum atomic E-state index is 13.0. The van der Waals surface area contributed by atoms with Crippen molar-refractivity contribution in [1.29, 1.82) is 0 Å². The fraction of sp³-hybridized carbons (Fsp3) is 0.412. The molecular formula is C17H18N4O3. The Morgan fingerprint density at radius 3 is 2.88 bits per heavy atom. The van der Waals surface area contributed by atoms with Crippen molar-refractivity contribution in [1.82, 2.24) is 20.4 Å². The molecule has 1 atom stereocenters. The third kappa shape index (κ3) is 2.04. The first-order valence-electron chi connectivity index (χ1n) is 8.06. The molecule has 2 heterocycles. The zero-order valence-electron chi connectivity index (χ0n) is 13.6. The van der Waals surface area contributed by atoms with E-state index in [0.29, 0.717) is 12.2 Å². The average Bonchev–Trinajstić information content (AvgIpc) is 3.23. The first-order valence-corrected chi connectivity index (χ1v) is 8.06. The van der Waals surface area contributed by atoms with Crippen LogP contribution in [-0.2, 0) is 23.3 Å². The predicted molar refractivity (Wildman–Crippen MR) is 83.9 cm³/mol. The van der Waals surface area contributed by atoms with Crippen LogP contribution in [0.5, 0.6) is 0 Å². The van der Waals surface area contributed by atoms with Crippen LogP contribution < -0.4 is 5.32 Å². The third-order valence-corrected chi connectivity index (χ3v) is 4.72. The molecule has 1 N–H and O–H groups in total. The first-order chi connectivity index (χ1) is 11.5. The SMILES string of the molecule is CC(C)c1noc(CN2C(=O)NC3(CCc4ccccc43)C2=O)n1. The molecule has 1 unspecified atom stereocenters. The Hall–Kier alpha value is -2.70. The lowest BCUT2D eigenvalue weighted by Gasteiger charge is -2.21. The molecule has 0 saturated carbocycles. The van der Waals surface area contributed by atoms with Gasteiger partial charge in [0.1, 0.15) is 12.1 Å². The molecule has 0 radical (unpaired) electrons. The third-order valence-electron chi connectivity index (χ3n) is 4.72. The van der Waals surface area contributed by atoms with E-state index < -0.39 is 11.6 Å². The number of hydrogen-bond donors (Lipinski definition) is 1. The van der Waals surface area contributed by atoms with E-state index in [1.165, 1.54) is 4.90 Å². The summed E-state index contributed by atoms with van der Waals surface area (Å²) in [4.78, 5) is 30.8. The van der Waals surface area contributed by atoms with Crippen LogP contribution in [0.25, 0.3) is 0 Å². The minimum atomic E-state index is -0.950. The first kappa shape index (κ1) is 14.9. The Balaban J connectivity index is 1.63. The van der Waals surface area contributed by atoms with Gasteiger partial charge in [0.05, 0.1) is 0 Å². The highest BCUT2D eigenvalue weighted by molar-refractivity contribution is 6.07. The second-order valence-corrected chi connectivity index (χ2v) is 6.58. The summed E-state index contributed by atoms with van der Waals surface area (Å²) in [6.07, 6.45) is 1.35. The topological polar surface area (TPSA) is 88.3 Å². The van der Waals surface area contributed by atoms with Crippen molar-refractivity contribution in [2.24, 2.45) is 0 Å². The van der Waals surface area contributed by atoms with Crippen molar-refractivity contribution in [3.05, 3.63) is 47.1 Å². The molecule has 1 spiro atoms. The van der Waals surface area contributed by atoms with Crippen LogP contribution in [0.15, 0.2) is 28.8 Å². The number of imide groups is 1. The summed E-state index contributed by atoms with van der Waals surface area (Å²) in [6, 6.07) is 7.33. The number of amides is 3. The molecule has 7 nitrogen and oxygen atoms in total. The highest BCUT2D eigenvalue weighted by atomic mass is 16.5. The van der Waals surface area contributed by atoms with E-state index in [2.05, 4.69) is 15.5 Å². The van der Waals surface area contributed by atoms with Crippen molar-refractivity contribution in [3.63, 3.8) is 0 Å².